The molecular formula is C23H29NO4. The van der Waals surface area contributed by atoms with Crippen molar-refractivity contribution in [1.82, 2.24) is 4.90 Å². The Bertz CT molecular complexity index is 759. The molecule has 5 nitrogen and oxygen atoms in total. The summed E-state index contributed by atoms with van der Waals surface area (Å²) >= 11 is 0. The minimum Gasteiger partial charge on any atom is -0.493 e. The molecule has 1 saturated carbocycles. The molecule has 0 radical (unpaired) electrons. The van der Waals surface area contributed by atoms with Crippen molar-refractivity contribution < 1.29 is 19.0 Å². The van der Waals surface area contributed by atoms with Gasteiger partial charge in [0, 0.05) is 18.7 Å². The van der Waals surface area contributed by atoms with E-state index in [2.05, 4.69) is 0 Å². The van der Waals surface area contributed by atoms with E-state index in [1.807, 2.05) is 42.3 Å². The van der Waals surface area contributed by atoms with Crippen LogP contribution in [0.1, 0.15) is 48.0 Å². The van der Waals surface area contributed by atoms with Gasteiger partial charge in [-0.3, -0.25) is 4.79 Å². The minimum absolute atomic E-state index is 0.0156. The summed E-state index contributed by atoms with van der Waals surface area (Å²) < 4.78 is 17.0. The molecule has 1 aliphatic carbocycles. The molecular weight excluding hydrogens is 354 g/mol. The van der Waals surface area contributed by atoms with Crippen LogP contribution in [0.3, 0.4) is 0 Å². The fourth-order valence-electron chi connectivity index (χ4n) is 3.71. The van der Waals surface area contributed by atoms with Gasteiger partial charge in [0.1, 0.15) is 6.61 Å². The second-order valence-corrected chi connectivity index (χ2v) is 7.19. The molecule has 5 heteroatoms. The highest BCUT2D eigenvalue weighted by molar-refractivity contribution is 5.95. The Morgan fingerprint density at radius 3 is 2.18 bits per heavy atom. The third-order valence-electron chi connectivity index (χ3n) is 5.38. The zero-order chi connectivity index (χ0) is 19.9. The Morgan fingerprint density at radius 1 is 1.00 bits per heavy atom. The van der Waals surface area contributed by atoms with Crippen LogP contribution in [0.25, 0.3) is 0 Å². The van der Waals surface area contributed by atoms with E-state index >= 15 is 0 Å². The third kappa shape index (κ3) is 4.58. The summed E-state index contributed by atoms with van der Waals surface area (Å²) in [6.45, 7) is 0.392. The van der Waals surface area contributed by atoms with Gasteiger partial charge in [0.2, 0.25) is 5.75 Å². The molecule has 0 atom stereocenters. The van der Waals surface area contributed by atoms with Gasteiger partial charge in [-0.05, 0) is 30.5 Å². The highest BCUT2D eigenvalue weighted by atomic mass is 16.5. The molecule has 0 N–H and O–H groups in total. The Labute approximate surface area is 167 Å². The minimum atomic E-state index is -0.0156. The first-order valence-electron chi connectivity index (χ1n) is 9.84. The van der Waals surface area contributed by atoms with Gasteiger partial charge >= 0.3 is 0 Å². The van der Waals surface area contributed by atoms with Crippen molar-refractivity contribution in [2.75, 3.05) is 21.3 Å². The molecule has 1 aliphatic rings. The summed E-state index contributed by atoms with van der Waals surface area (Å²) in [5.41, 5.74) is 1.60. The Hall–Kier alpha value is -2.69. The number of rotatable bonds is 7. The lowest BCUT2D eigenvalue weighted by atomic mass is 9.94. The van der Waals surface area contributed by atoms with E-state index in [4.69, 9.17) is 14.2 Å². The number of nitrogens with zero attached hydrogens (tertiary/aromatic N) is 1. The molecule has 2 aromatic rings. The van der Waals surface area contributed by atoms with E-state index < -0.39 is 0 Å². The van der Waals surface area contributed by atoms with Gasteiger partial charge in [-0.25, -0.2) is 0 Å². The number of carbonyl (C=O) groups excluding carboxylic acids is 1. The average molecular weight is 383 g/mol. The zero-order valence-electron chi connectivity index (χ0n) is 16.9. The third-order valence-corrected chi connectivity index (χ3v) is 5.38. The van der Waals surface area contributed by atoms with Gasteiger partial charge in [-0.2, -0.15) is 0 Å². The van der Waals surface area contributed by atoms with Gasteiger partial charge in [0.25, 0.3) is 5.91 Å². The van der Waals surface area contributed by atoms with Crippen molar-refractivity contribution in [3.05, 3.63) is 53.6 Å². The van der Waals surface area contributed by atoms with Crippen LogP contribution >= 0.6 is 0 Å². The lowest BCUT2D eigenvalue weighted by molar-refractivity contribution is 0.0695. The van der Waals surface area contributed by atoms with Crippen molar-refractivity contribution >= 4 is 5.91 Å². The number of ether oxygens (including phenoxy) is 3. The summed E-state index contributed by atoms with van der Waals surface area (Å²) in [6, 6.07) is 13.7. The maximum absolute atomic E-state index is 13.0. The van der Waals surface area contributed by atoms with Crippen LogP contribution in [-0.4, -0.2) is 38.1 Å². The highest BCUT2D eigenvalue weighted by Gasteiger charge is 2.25. The summed E-state index contributed by atoms with van der Waals surface area (Å²) in [5, 5.41) is 0. The molecule has 0 unspecified atom stereocenters. The van der Waals surface area contributed by atoms with Crippen LogP contribution in [0.2, 0.25) is 0 Å². The van der Waals surface area contributed by atoms with Crippen molar-refractivity contribution in [1.29, 1.82) is 0 Å². The van der Waals surface area contributed by atoms with Crippen molar-refractivity contribution in [3.63, 3.8) is 0 Å². The average Bonchev–Trinajstić information content (AvgIpc) is 2.77. The fraction of sp³-hybridized carbons (Fsp3) is 0.435. The first kappa shape index (κ1) is 20.1. The van der Waals surface area contributed by atoms with Gasteiger partial charge < -0.3 is 19.1 Å². The lowest BCUT2D eigenvalue weighted by Gasteiger charge is -2.31. The number of benzene rings is 2. The molecule has 1 fully saturated rings. The number of methoxy groups -OCH3 is 2. The first-order chi connectivity index (χ1) is 13.6. The van der Waals surface area contributed by atoms with Crippen LogP contribution in [0, 0.1) is 0 Å². The predicted molar refractivity (Wildman–Crippen MR) is 109 cm³/mol. The summed E-state index contributed by atoms with van der Waals surface area (Å²) in [7, 11) is 5.03. The van der Waals surface area contributed by atoms with Crippen molar-refractivity contribution in [3.8, 4) is 17.2 Å². The first-order valence-corrected chi connectivity index (χ1v) is 9.84. The largest absolute Gasteiger partial charge is 0.493 e. The molecule has 0 aliphatic heterocycles. The van der Waals surface area contributed by atoms with E-state index in [-0.39, 0.29) is 5.91 Å². The number of carbonyl (C=O) groups is 1. The topological polar surface area (TPSA) is 48.0 Å². The number of hydrogen-bond acceptors (Lipinski definition) is 4. The van der Waals surface area contributed by atoms with Crippen LogP contribution in [0.15, 0.2) is 42.5 Å². The summed E-state index contributed by atoms with van der Waals surface area (Å²) in [6.07, 6.45) is 5.75. The second kappa shape index (κ2) is 9.49. The standard InChI is InChI=1S/C23H29NO4/c1-24(19-12-8-5-9-13-19)23(25)18-14-20(26-2)22(21(15-18)27-3)28-16-17-10-6-4-7-11-17/h4,6-7,10-11,14-15,19H,5,8-9,12-13,16H2,1-3H3. The molecule has 0 heterocycles. The van der Waals surface area contributed by atoms with Gasteiger partial charge in [0.15, 0.2) is 11.5 Å². The summed E-state index contributed by atoms with van der Waals surface area (Å²) in [5.74, 6) is 1.48. The Kier molecular flexibility index (Phi) is 6.80. The Morgan fingerprint density at radius 2 is 1.61 bits per heavy atom. The number of hydrogen-bond donors (Lipinski definition) is 0. The Balaban J connectivity index is 1.82. The molecule has 150 valence electrons. The SMILES string of the molecule is COc1cc(C(=O)N(C)C2CCCCC2)cc(OC)c1OCc1ccccc1. The fourth-order valence-corrected chi connectivity index (χ4v) is 3.71. The maximum Gasteiger partial charge on any atom is 0.254 e. The van der Waals surface area contributed by atoms with Crippen LogP contribution in [-0.2, 0) is 6.61 Å². The summed E-state index contributed by atoms with van der Waals surface area (Å²) in [4.78, 5) is 14.9. The van der Waals surface area contributed by atoms with Gasteiger partial charge in [-0.15, -0.1) is 0 Å². The normalized spacial score (nSPS) is 14.4. The maximum atomic E-state index is 13.0. The second-order valence-electron chi connectivity index (χ2n) is 7.19. The molecule has 0 saturated heterocycles. The monoisotopic (exact) mass is 383 g/mol. The molecule has 3 rings (SSSR count). The smallest absolute Gasteiger partial charge is 0.254 e. The lowest BCUT2D eigenvalue weighted by Crippen LogP contribution is -2.38. The van der Waals surface area contributed by atoms with E-state index in [9.17, 15) is 4.79 Å². The van der Waals surface area contributed by atoms with E-state index in [1.54, 1.807) is 26.4 Å². The highest BCUT2D eigenvalue weighted by Crippen LogP contribution is 2.39. The molecule has 0 bridgehead atoms. The van der Waals surface area contributed by atoms with Crippen LogP contribution in [0.4, 0.5) is 0 Å². The predicted octanol–water partition coefficient (Wildman–Crippen LogP) is 4.69. The molecule has 0 spiro atoms. The van der Waals surface area contributed by atoms with Gasteiger partial charge in [-0.1, -0.05) is 49.6 Å². The van der Waals surface area contributed by atoms with E-state index in [0.29, 0.717) is 35.5 Å². The zero-order valence-corrected chi connectivity index (χ0v) is 16.9. The van der Waals surface area contributed by atoms with Crippen LogP contribution in [0.5, 0.6) is 17.2 Å². The molecule has 1 amide bonds. The van der Waals surface area contributed by atoms with Gasteiger partial charge in [0.05, 0.1) is 14.2 Å². The van der Waals surface area contributed by atoms with Crippen molar-refractivity contribution in [2.45, 2.75) is 44.8 Å². The van der Waals surface area contributed by atoms with E-state index in [0.717, 1.165) is 18.4 Å². The molecule has 2 aromatic carbocycles. The quantitative estimate of drug-likeness (QED) is 0.696. The molecule has 0 aromatic heterocycles. The van der Waals surface area contributed by atoms with Crippen LogP contribution < -0.4 is 14.2 Å². The van der Waals surface area contributed by atoms with E-state index in [1.165, 1.54) is 19.3 Å². The molecule has 28 heavy (non-hydrogen) atoms. The van der Waals surface area contributed by atoms with Crippen molar-refractivity contribution in [2.24, 2.45) is 0 Å². The number of amides is 1.